The van der Waals surface area contributed by atoms with Crippen LogP contribution in [-0.4, -0.2) is 33.5 Å². The average molecular weight is 507 g/mol. The molecule has 0 aliphatic rings. The number of hydrogen-bond acceptors (Lipinski definition) is 5. The molecular formula is C27H27ClN4O2S. The number of carbonyl (C=O) groups is 1. The van der Waals surface area contributed by atoms with Crippen LogP contribution >= 0.6 is 23.4 Å². The highest BCUT2D eigenvalue weighted by Gasteiger charge is 2.20. The third-order valence-corrected chi connectivity index (χ3v) is 6.96. The molecule has 3 aromatic carbocycles. The van der Waals surface area contributed by atoms with Crippen molar-refractivity contribution >= 4 is 35.0 Å². The van der Waals surface area contributed by atoms with Gasteiger partial charge in [0.05, 0.1) is 18.4 Å². The largest absolute Gasteiger partial charge is 0.496 e. The number of methoxy groups -OCH3 is 1. The minimum absolute atomic E-state index is 0.115. The van der Waals surface area contributed by atoms with Gasteiger partial charge in [-0.15, -0.1) is 10.2 Å². The zero-order valence-electron chi connectivity index (χ0n) is 19.9. The molecule has 1 aromatic heterocycles. The average Bonchev–Trinajstić information content (AvgIpc) is 3.31. The Kier molecular flexibility index (Phi) is 8.10. The van der Waals surface area contributed by atoms with Gasteiger partial charge in [0.25, 0.3) is 0 Å². The molecule has 0 aliphatic heterocycles. The summed E-state index contributed by atoms with van der Waals surface area (Å²) in [6.45, 7) is 4.36. The lowest BCUT2D eigenvalue weighted by Crippen LogP contribution is -2.14. The minimum atomic E-state index is -0.115. The van der Waals surface area contributed by atoms with E-state index in [9.17, 15) is 4.79 Å². The summed E-state index contributed by atoms with van der Waals surface area (Å²) in [6, 6.07) is 23.1. The lowest BCUT2D eigenvalue weighted by Gasteiger charge is -2.13. The highest BCUT2D eigenvalue weighted by atomic mass is 35.5. The molecule has 0 radical (unpaired) electrons. The normalized spacial score (nSPS) is 11.8. The molecule has 0 fully saturated rings. The Labute approximate surface area is 214 Å². The third-order valence-electron chi connectivity index (χ3n) is 5.77. The molecule has 1 N–H and O–H groups in total. The molecule has 1 unspecified atom stereocenters. The van der Waals surface area contributed by atoms with E-state index >= 15 is 0 Å². The molecule has 1 amide bonds. The maximum absolute atomic E-state index is 12.7. The number of nitrogens with one attached hydrogen (secondary N) is 1. The fourth-order valence-corrected chi connectivity index (χ4v) is 4.53. The summed E-state index contributed by atoms with van der Waals surface area (Å²) in [5, 5.41) is 13.0. The zero-order valence-corrected chi connectivity index (χ0v) is 21.4. The number of carbonyl (C=O) groups excluding carboxylic acids is 1. The van der Waals surface area contributed by atoms with Crippen LogP contribution in [0.25, 0.3) is 17.1 Å². The van der Waals surface area contributed by atoms with Gasteiger partial charge in [0.15, 0.2) is 11.0 Å². The number of para-hydroxylation sites is 1. The van der Waals surface area contributed by atoms with Crippen molar-refractivity contribution < 1.29 is 9.53 Å². The van der Waals surface area contributed by atoms with Crippen LogP contribution in [0.15, 0.2) is 78.0 Å². The van der Waals surface area contributed by atoms with Crippen molar-refractivity contribution in [2.24, 2.45) is 0 Å². The monoisotopic (exact) mass is 506 g/mol. The topological polar surface area (TPSA) is 69.0 Å². The molecule has 0 spiro atoms. The number of nitrogens with zero attached hydrogens (tertiary/aromatic N) is 3. The molecule has 0 saturated heterocycles. The number of benzene rings is 3. The highest BCUT2D eigenvalue weighted by molar-refractivity contribution is 7.99. The first-order valence-electron chi connectivity index (χ1n) is 11.4. The van der Waals surface area contributed by atoms with E-state index in [0.717, 1.165) is 23.4 Å². The van der Waals surface area contributed by atoms with E-state index in [0.29, 0.717) is 27.7 Å². The van der Waals surface area contributed by atoms with E-state index in [4.69, 9.17) is 16.3 Å². The van der Waals surface area contributed by atoms with Crippen LogP contribution in [0.3, 0.4) is 0 Å². The summed E-state index contributed by atoms with van der Waals surface area (Å²) < 4.78 is 7.45. The van der Waals surface area contributed by atoms with Crippen LogP contribution in [0.1, 0.15) is 31.7 Å². The SMILES string of the molecule is CCC(C)c1ccc(NC(=O)CSc2nnc(-c3ccccc3OC)n2-c2ccc(Cl)cc2)cc1. The molecule has 0 bridgehead atoms. The first-order valence-corrected chi connectivity index (χ1v) is 12.7. The molecule has 0 aliphatic carbocycles. The van der Waals surface area contributed by atoms with Crippen LogP contribution in [0.5, 0.6) is 5.75 Å². The Bertz CT molecular complexity index is 1290. The van der Waals surface area contributed by atoms with Crippen LogP contribution in [0.4, 0.5) is 5.69 Å². The number of hydrogen-bond donors (Lipinski definition) is 1. The van der Waals surface area contributed by atoms with E-state index in [2.05, 4.69) is 41.5 Å². The first-order chi connectivity index (χ1) is 17.0. The molecule has 180 valence electrons. The molecular weight excluding hydrogens is 480 g/mol. The van der Waals surface area contributed by atoms with Crippen molar-refractivity contribution in [1.29, 1.82) is 0 Å². The Morgan fingerprint density at radius 3 is 2.46 bits per heavy atom. The Morgan fingerprint density at radius 1 is 1.06 bits per heavy atom. The van der Waals surface area contributed by atoms with E-state index in [1.165, 1.54) is 17.3 Å². The summed E-state index contributed by atoms with van der Waals surface area (Å²) in [5.41, 5.74) is 3.68. The van der Waals surface area contributed by atoms with Crippen LogP contribution < -0.4 is 10.1 Å². The Morgan fingerprint density at radius 2 is 1.77 bits per heavy atom. The fourth-order valence-electron chi connectivity index (χ4n) is 3.65. The van der Waals surface area contributed by atoms with Crippen molar-refractivity contribution in [3.05, 3.63) is 83.4 Å². The molecule has 8 heteroatoms. The predicted octanol–water partition coefficient (Wildman–Crippen LogP) is 6.84. The molecule has 4 rings (SSSR count). The summed E-state index contributed by atoms with van der Waals surface area (Å²) >= 11 is 7.43. The van der Waals surface area contributed by atoms with Crippen LogP contribution in [0.2, 0.25) is 5.02 Å². The number of anilines is 1. The van der Waals surface area contributed by atoms with Gasteiger partial charge in [0.2, 0.25) is 5.91 Å². The Balaban J connectivity index is 1.56. The standard InChI is InChI=1S/C27H27ClN4O2S/c1-4-18(2)19-9-13-21(14-10-19)29-25(33)17-35-27-31-30-26(23-7-5-6-8-24(23)34-3)32(27)22-15-11-20(28)12-16-22/h5-16,18H,4,17H2,1-3H3,(H,29,33). The minimum Gasteiger partial charge on any atom is -0.496 e. The van der Waals surface area contributed by atoms with Crippen LogP contribution in [0, 0.1) is 0 Å². The molecule has 4 aromatic rings. The number of rotatable bonds is 9. The second kappa shape index (κ2) is 11.4. The van der Waals surface area contributed by atoms with E-state index in [-0.39, 0.29) is 11.7 Å². The summed E-state index contributed by atoms with van der Waals surface area (Å²) in [5.74, 6) is 1.87. The van der Waals surface area contributed by atoms with Gasteiger partial charge in [0.1, 0.15) is 5.75 Å². The summed E-state index contributed by atoms with van der Waals surface area (Å²) in [4.78, 5) is 12.7. The van der Waals surface area contributed by atoms with E-state index in [1.807, 2.05) is 65.2 Å². The second-order valence-electron chi connectivity index (χ2n) is 8.09. The van der Waals surface area contributed by atoms with Gasteiger partial charge in [0, 0.05) is 16.4 Å². The van der Waals surface area contributed by atoms with E-state index in [1.54, 1.807) is 7.11 Å². The molecule has 0 saturated carbocycles. The maximum atomic E-state index is 12.7. The van der Waals surface area contributed by atoms with E-state index < -0.39 is 0 Å². The first kappa shape index (κ1) is 24.8. The van der Waals surface area contributed by atoms with Crippen molar-refractivity contribution in [1.82, 2.24) is 14.8 Å². The van der Waals surface area contributed by atoms with Gasteiger partial charge >= 0.3 is 0 Å². The number of ether oxygens (including phenoxy) is 1. The van der Waals surface area contributed by atoms with Gasteiger partial charge in [-0.3, -0.25) is 9.36 Å². The smallest absolute Gasteiger partial charge is 0.234 e. The molecule has 1 atom stereocenters. The van der Waals surface area contributed by atoms with Gasteiger partial charge in [-0.05, 0) is 66.4 Å². The molecule has 35 heavy (non-hydrogen) atoms. The fraction of sp³-hybridized carbons (Fsp3) is 0.222. The van der Waals surface area contributed by atoms with Crippen molar-refractivity contribution in [2.75, 3.05) is 18.2 Å². The molecule has 6 nitrogen and oxygen atoms in total. The number of halogens is 1. The van der Waals surface area contributed by atoms with Gasteiger partial charge < -0.3 is 10.1 Å². The molecule has 1 heterocycles. The summed E-state index contributed by atoms with van der Waals surface area (Å²) in [6.07, 6.45) is 1.08. The van der Waals surface area contributed by atoms with Crippen molar-refractivity contribution in [3.8, 4) is 22.8 Å². The maximum Gasteiger partial charge on any atom is 0.234 e. The van der Waals surface area contributed by atoms with Crippen molar-refractivity contribution in [2.45, 2.75) is 31.3 Å². The van der Waals surface area contributed by atoms with Crippen LogP contribution in [-0.2, 0) is 4.79 Å². The number of aromatic nitrogens is 3. The Hall–Kier alpha value is -3.29. The van der Waals surface area contributed by atoms with Crippen molar-refractivity contribution in [3.63, 3.8) is 0 Å². The highest BCUT2D eigenvalue weighted by Crippen LogP contribution is 2.33. The van der Waals surface area contributed by atoms with Gasteiger partial charge in [-0.25, -0.2) is 0 Å². The lowest BCUT2D eigenvalue weighted by molar-refractivity contribution is -0.113. The predicted molar refractivity (Wildman–Crippen MR) is 143 cm³/mol. The lowest BCUT2D eigenvalue weighted by atomic mass is 9.99. The third kappa shape index (κ3) is 5.86. The summed E-state index contributed by atoms with van der Waals surface area (Å²) in [7, 11) is 1.62. The van der Waals surface area contributed by atoms with Gasteiger partial charge in [-0.1, -0.05) is 61.5 Å². The number of thioether (sulfide) groups is 1. The van der Waals surface area contributed by atoms with Gasteiger partial charge in [-0.2, -0.15) is 0 Å². The zero-order chi connectivity index (χ0) is 24.8. The second-order valence-corrected chi connectivity index (χ2v) is 9.47. The quantitative estimate of drug-likeness (QED) is 0.252. The number of amides is 1.